The van der Waals surface area contributed by atoms with Crippen LogP contribution < -0.4 is 11.5 Å². The second-order valence-electron chi connectivity index (χ2n) is 4.45. The topological polar surface area (TPSA) is 92.5 Å². The highest BCUT2D eigenvalue weighted by molar-refractivity contribution is 6.33. The molecule has 6 heteroatoms. The van der Waals surface area contributed by atoms with Gasteiger partial charge in [0, 0.05) is 0 Å². The molecular formula is C14H14Cl2N2O2. The first-order chi connectivity index (χ1) is 9.40. The number of anilines is 2. The Labute approximate surface area is 126 Å². The van der Waals surface area contributed by atoms with Gasteiger partial charge in [-0.2, -0.15) is 0 Å². The van der Waals surface area contributed by atoms with E-state index in [2.05, 4.69) is 0 Å². The van der Waals surface area contributed by atoms with Gasteiger partial charge in [0.05, 0.1) is 21.4 Å². The van der Waals surface area contributed by atoms with E-state index in [1.54, 1.807) is 24.3 Å². The van der Waals surface area contributed by atoms with Crippen molar-refractivity contribution in [3.63, 3.8) is 0 Å². The minimum absolute atomic E-state index is 0.339. The molecule has 2 rings (SSSR count). The number of nitrogen functional groups attached to an aromatic ring is 2. The van der Waals surface area contributed by atoms with Crippen LogP contribution in [0.15, 0.2) is 36.4 Å². The highest BCUT2D eigenvalue weighted by Gasteiger charge is 2.21. The zero-order valence-corrected chi connectivity index (χ0v) is 11.9. The molecule has 2 atom stereocenters. The maximum atomic E-state index is 10.2. The van der Waals surface area contributed by atoms with Crippen molar-refractivity contribution in [3.8, 4) is 0 Å². The SMILES string of the molecule is Nc1cc(C(O)C(O)c2ccc(Cl)c(N)c2)ccc1Cl. The highest BCUT2D eigenvalue weighted by atomic mass is 35.5. The van der Waals surface area contributed by atoms with Gasteiger partial charge in [-0.3, -0.25) is 0 Å². The monoisotopic (exact) mass is 312 g/mol. The Morgan fingerprint density at radius 2 is 1.10 bits per heavy atom. The van der Waals surface area contributed by atoms with E-state index in [9.17, 15) is 10.2 Å². The van der Waals surface area contributed by atoms with Crippen LogP contribution in [0.4, 0.5) is 11.4 Å². The molecule has 4 nitrogen and oxygen atoms in total. The molecule has 0 saturated carbocycles. The predicted molar refractivity (Wildman–Crippen MR) is 81.6 cm³/mol. The van der Waals surface area contributed by atoms with Crippen molar-refractivity contribution in [1.82, 2.24) is 0 Å². The van der Waals surface area contributed by atoms with Crippen molar-refractivity contribution in [2.45, 2.75) is 12.2 Å². The van der Waals surface area contributed by atoms with E-state index in [0.717, 1.165) is 0 Å². The Morgan fingerprint density at radius 1 is 0.750 bits per heavy atom. The van der Waals surface area contributed by atoms with Crippen LogP contribution in [-0.2, 0) is 0 Å². The molecule has 0 aliphatic carbocycles. The van der Waals surface area contributed by atoms with Gasteiger partial charge in [-0.1, -0.05) is 35.3 Å². The van der Waals surface area contributed by atoms with Crippen LogP contribution in [0.3, 0.4) is 0 Å². The molecular weight excluding hydrogens is 299 g/mol. The summed E-state index contributed by atoms with van der Waals surface area (Å²) in [5.41, 5.74) is 13.0. The molecule has 0 bridgehead atoms. The lowest BCUT2D eigenvalue weighted by molar-refractivity contribution is 0.0173. The molecule has 2 unspecified atom stereocenters. The molecule has 0 fully saturated rings. The van der Waals surface area contributed by atoms with Gasteiger partial charge in [-0.05, 0) is 35.4 Å². The molecule has 0 saturated heterocycles. The first-order valence-electron chi connectivity index (χ1n) is 5.86. The van der Waals surface area contributed by atoms with Crippen LogP contribution in [0.25, 0.3) is 0 Å². The van der Waals surface area contributed by atoms with Gasteiger partial charge in [0.2, 0.25) is 0 Å². The summed E-state index contributed by atoms with van der Waals surface area (Å²) < 4.78 is 0. The Bertz CT molecular complexity index is 579. The average molecular weight is 313 g/mol. The molecule has 2 aromatic rings. The third-order valence-electron chi connectivity index (χ3n) is 3.02. The maximum Gasteiger partial charge on any atom is 0.109 e. The smallest absolute Gasteiger partial charge is 0.109 e. The van der Waals surface area contributed by atoms with Crippen molar-refractivity contribution in [2.24, 2.45) is 0 Å². The van der Waals surface area contributed by atoms with Crippen molar-refractivity contribution in [3.05, 3.63) is 57.6 Å². The Balaban J connectivity index is 2.29. The summed E-state index contributed by atoms with van der Waals surface area (Å²) in [4.78, 5) is 0. The lowest BCUT2D eigenvalue weighted by Gasteiger charge is -2.19. The van der Waals surface area contributed by atoms with E-state index in [1.165, 1.54) is 12.1 Å². The summed E-state index contributed by atoms with van der Waals surface area (Å²) in [5.74, 6) is 0. The van der Waals surface area contributed by atoms with E-state index in [0.29, 0.717) is 32.5 Å². The summed E-state index contributed by atoms with van der Waals surface area (Å²) in [6, 6.07) is 9.39. The zero-order chi connectivity index (χ0) is 14.9. The van der Waals surface area contributed by atoms with E-state index in [4.69, 9.17) is 34.7 Å². The molecule has 0 aliphatic rings. The van der Waals surface area contributed by atoms with Crippen molar-refractivity contribution in [1.29, 1.82) is 0 Å². The Hall–Kier alpha value is -1.46. The number of hydrogen-bond acceptors (Lipinski definition) is 4. The number of halogens is 2. The van der Waals surface area contributed by atoms with E-state index in [-0.39, 0.29) is 0 Å². The molecule has 0 aliphatic heterocycles. The summed E-state index contributed by atoms with van der Waals surface area (Å²) in [7, 11) is 0. The minimum Gasteiger partial charge on any atom is -0.398 e. The minimum atomic E-state index is -1.14. The fourth-order valence-electron chi connectivity index (χ4n) is 1.86. The number of hydrogen-bond donors (Lipinski definition) is 4. The molecule has 0 radical (unpaired) electrons. The van der Waals surface area contributed by atoms with Crippen molar-refractivity contribution >= 4 is 34.6 Å². The van der Waals surface area contributed by atoms with E-state index in [1.807, 2.05) is 0 Å². The van der Waals surface area contributed by atoms with Crippen LogP contribution in [0.1, 0.15) is 23.3 Å². The van der Waals surface area contributed by atoms with Gasteiger partial charge in [0.25, 0.3) is 0 Å². The normalized spacial score (nSPS) is 14.0. The second kappa shape index (κ2) is 5.89. The summed E-state index contributed by atoms with van der Waals surface area (Å²) >= 11 is 11.6. The lowest BCUT2D eigenvalue weighted by atomic mass is 9.97. The van der Waals surface area contributed by atoms with Gasteiger partial charge >= 0.3 is 0 Å². The zero-order valence-electron chi connectivity index (χ0n) is 10.4. The summed E-state index contributed by atoms with van der Waals surface area (Å²) in [5, 5.41) is 21.2. The number of aliphatic hydroxyl groups excluding tert-OH is 2. The molecule has 0 heterocycles. The number of benzene rings is 2. The fourth-order valence-corrected chi connectivity index (χ4v) is 2.09. The second-order valence-corrected chi connectivity index (χ2v) is 5.27. The van der Waals surface area contributed by atoms with Gasteiger partial charge in [0.15, 0.2) is 0 Å². The number of nitrogens with two attached hydrogens (primary N) is 2. The first-order valence-corrected chi connectivity index (χ1v) is 6.61. The predicted octanol–water partition coefficient (Wildman–Crippen LogP) is 2.92. The molecule has 0 aromatic heterocycles. The molecule has 0 spiro atoms. The van der Waals surface area contributed by atoms with E-state index < -0.39 is 12.2 Å². The van der Waals surface area contributed by atoms with Gasteiger partial charge < -0.3 is 21.7 Å². The van der Waals surface area contributed by atoms with Crippen molar-refractivity contribution in [2.75, 3.05) is 11.5 Å². The Kier molecular flexibility index (Phi) is 4.40. The molecule has 2 aromatic carbocycles. The highest BCUT2D eigenvalue weighted by Crippen LogP contribution is 2.33. The Morgan fingerprint density at radius 3 is 1.40 bits per heavy atom. The average Bonchev–Trinajstić information content (AvgIpc) is 2.43. The molecule has 106 valence electrons. The molecule has 0 amide bonds. The van der Waals surface area contributed by atoms with Crippen LogP contribution in [0, 0.1) is 0 Å². The standard InChI is InChI=1S/C14H14Cl2N2O2/c15-9-3-1-7(5-11(9)17)13(19)14(20)8-2-4-10(16)12(18)6-8/h1-6,13-14,19-20H,17-18H2. The van der Waals surface area contributed by atoms with Crippen LogP contribution in [0.2, 0.25) is 10.0 Å². The fraction of sp³-hybridized carbons (Fsp3) is 0.143. The van der Waals surface area contributed by atoms with Crippen molar-refractivity contribution < 1.29 is 10.2 Å². The third kappa shape index (κ3) is 2.99. The summed E-state index contributed by atoms with van der Waals surface area (Å²) in [6.45, 7) is 0. The quantitative estimate of drug-likeness (QED) is 0.656. The van der Waals surface area contributed by atoms with E-state index >= 15 is 0 Å². The van der Waals surface area contributed by atoms with Crippen LogP contribution >= 0.6 is 23.2 Å². The van der Waals surface area contributed by atoms with Crippen LogP contribution in [-0.4, -0.2) is 10.2 Å². The number of aliphatic hydroxyl groups is 2. The number of rotatable bonds is 3. The maximum absolute atomic E-state index is 10.2. The van der Waals surface area contributed by atoms with Gasteiger partial charge in [-0.15, -0.1) is 0 Å². The molecule has 6 N–H and O–H groups in total. The third-order valence-corrected chi connectivity index (χ3v) is 3.71. The first kappa shape index (κ1) is 14.9. The largest absolute Gasteiger partial charge is 0.398 e. The molecule has 20 heavy (non-hydrogen) atoms. The summed E-state index contributed by atoms with van der Waals surface area (Å²) in [6.07, 6.45) is -2.29. The van der Waals surface area contributed by atoms with Crippen LogP contribution in [0.5, 0.6) is 0 Å². The lowest BCUT2D eigenvalue weighted by Crippen LogP contribution is -2.11. The van der Waals surface area contributed by atoms with Gasteiger partial charge in [0.1, 0.15) is 12.2 Å². The van der Waals surface area contributed by atoms with Gasteiger partial charge in [-0.25, -0.2) is 0 Å².